The van der Waals surface area contributed by atoms with Gasteiger partial charge in [-0.3, -0.25) is 14.5 Å². The first kappa shape index (κ1) is 25.7. The number of ether oxygens (including phenoxy) is 1. The molecule has 0 aromatic heterocycles. The van der Waals surface area contributed by atoms with Crippen LogP contribution in [0.3, 0.4) is 0 Å². The van der Waals surface area contributed by atoms with Crippen LogP contribution in [0.15, 0.2) is 84.1 Å². The number of anilines is 2. The van der Waals surface area contributed by atoms with Gasteiger partial charge in [0.15, 0.2) is 5.78 Å². The van der Waals surface area contributed by atoms with Crippen LogP contribution in [0.4, 0.5) is 15.8 Å². The molecule has 5 nitrogen and oxygen atoms in total. The third-order valence-corrected chi connectivity index (χ3v) is 7.50. The first-order chi connectivity index (χ1) is 18.5. The highest BCUT2D eigenvalue weighted by atomic mass is 19.1. The van der Waals surface area contributed by atoms with Gasteiger partial charge in [0, 0.05) is 24.1 Å². The van der Waals surface area contributed by atoms with E-state index in [2.05, 4.69) is 12.2 Å². The molecule has 0 spiro atoms. The highest BCUT2D eigenvalue weighted by molar-refractivity contribution is 6.06. The Morgan fingerprint density at radius 1 is 1.00 bits per heavy atom. The van der Waals surface area contributed by atoms with Crippen molar-refractivity contribution in [3.8, 4) is 5.75 Å². The van der Waals surface area contributed by atoms with Gasteiger partial charge in [0.25, 0.3) is 0 Å². The minimum absolute atomic E-state index is 0.0215. The molecule has 1 amide bonds. The van der Waals surface area contributed by atoms with Gasteiger partial charge in [-0.25, -0.2) is 4.39 Å². The van der Waals surface area contributed by atoms with E-state index >= 15 is 0 Å². The van der Waals surface area contributed by atoms with E-state index in [0.29, 0.717) is 36.1 Å². The summed E-state index contributed by atoms with van der Waals surface area (Å²) < 4.78 is 19.8. The van der Waals surface area contributed by atoms with Crippen molar-refractivity contribution in [2.45, 2.75) is 57.4 Å². The Hall–Kier alpha value is -3.93. The van der Waals surface area contributed by atoms with Crippen LogP contribution in [-0.2, 0) is 9.59 Å². The van der Waals surface area contributed by atoms with Gasteiger partial charge in [-0.05, 0) is 66.3 Å². The maximum atomic E-state index is 14.5. The molecule has 38 heavy (non-hydrogen) atoms. The molecule has 2 aliphatic rings. The molecule has 0 fully saturated rings. The van der Waals surface area contributed by atoms with Crippen LogP contribution in [0.2, 0.25) is 0 Å². The third kappa shape index (κ3) is 5.08. The van der Waals surface area contributed by atoms with Crippen LogP contribution < -0.4 is 15.0 Å². The zero-order valence-electron chi connectivity index (χ0n) is 21.9. The number of Topliss-reactive ketones (excluding diaryl/α,β-unsaturated/α-hetero) is 1. The number of nitrogens with one attached hydrogen (secondary N) is 1. The van der Waals surface area contributed by atoms with E-state index in [-0.39, 0.29) is 17.6 Å². The lowest BCUT2D eigenvalue weighted by Crippen LogP contribution is -2.38. The van der Waals surface area contributed by atoms with Crippen LogP contribution in [0.5, 0.6) is 5.75 Å². The lowest BCUT2D eigenvalue weighted by atomic mass is 9.78. The first-order valence-electron chi connectivity index (χ1n) is 13.3. The third-order valence-electron chi connectivity index (χ3n) is 7.50. The number of hydrogen-bond acceptors (Lipinski definition) is 4. The molecule has 3 aromatic rings. The Kier molecular flexibility index (Phi) is 7.59. The SMILES string of the molecule is CCCCCC(=O)N1c2ccccc2NC2=C(C(=O)C[C@@H](c3ccc(OC)cc3)C2)[C@H]1c1cccc(F)c1. The fraction of sp³-hybridized carbons (Fsp3) is 0.312. The summed E-state index contributed by atoms with van der Waals surface area (Å²) in [6, 6.07) is 21.0. The number of halogens is 1. The number of carbonyl (C=O) groups is 2. The van der Waals surface area contributed by atoms with Crippen molar-refractivity contribution < 1.29 is 18.7 Å². The molecule has 1 N–H and O–H groups in total. The first-order valence-corrected chi connectivity index (χ1v) is 13.3. The summed E-state index contributed by atoms with van der Waals surface area (Å²) in [5.74, 6) is 0.245. The smallest absolute Gasteiger partial charge is 0.227 e. The minimum atomic E-state index is -0.713. The zero-order valence-corrected chi connectivity index (χ0v) is 21.9. The van der Waals surface area contributed by atoms with Crippen molar-refractivity contribution in [3.63, 3.8) is 0 Å². The van der Waals surface area contributed by atoms with Gasteiger partial charge in [-0.2, -0.15) is 0 Å². The number of benzene rings is 3. The number of methoxy groups -OCH3 is 1. The Morgan fingerprint density at radius 2 is 1.79 bits per heavy atom. The second-order valence-electron chi connectivity index (χ2n) is 10.0. The number of hydrogen-bond donors (Lipinski definition) is 1. The molecular formula is C32H33FN2O3. The topological polar surface area (TPSA) is 58.6 Å². The van der Waals surface area contributed by atoms with Gasteiger partial charge < -0.3 is 10.1 Å². The van der Waals surface area contributed by atoms with E-state index in [1.165, 1.54) is 12.1 Å². The average molecular weight is 513 g/mol. The van der Waals surface area contributed by atoms with E-state index < -0.39 is 11.9 Å². The molecule has 2 atom stereocenters. The largest absolute Gasteiger partial charge is 0.497 e. The predicted octanol–water partition coefficient (Wildman–Crippen LogP) is 7.32. The Morgan fingerprint density at radius 3 is 2.53 bits per heavy atom. The van der Waals surface area contributed by atoms with Crippen LogP contribution in [0.25, 0.3) is 0 Å². The number of carbonyl (C=O) groups excluding carboxylic acids is 2. The normalized spacial score (nSPS) is 18.8. The van der Waals surface area contributed by atoms with Crippen LogP contribution in [0, 0.1) is 5.82 Å². The second-order valence-corrected chi connectivity index (χ2v) is 10.0. The number of ketones is 1. The van der Waals surface area contributed by atoms with Crippen molar-refractivity contribution in [2.24, 2.45) is 0 Å². The van der Waals surface area contributed by atoms with Crippen molar-refractivity contribution in [3.05, 3.63) is 101 Å². The lowest BCUT2D eigenvalue weighted by molar-refractivity contribution is -0.119. The maximum absolute atomic E-state index is 14.5. The highest BCUT2D eigenvalue weighted by Crippen LogP contribution is 2.47. The summed E-state index contributed by atoms with van der Waals surface area (Å²) in [4.78, 5) is 29.5. The fourth-order valence-electron chi connectivity index (χ4n) is 5.62. The van der Waals surface area contributed by atoms with E-state index in [1.54, 1.807) is 18.1 Å². The van der Waals surface area contributed by atoms with Gasteiger partial charge in [-0.1, -0.05) is 56.2 Å². The summed E-state index contributed by atoms with van der Waals surface area (Å²) in [5.41, 5.74) is 4.45. The van der Waals surface area contributed by atoms with Crippen LogP contribution in [-0.4, -0.2) is 18.8 Å². The molecule has 0 unspecified atom stereocenters. The fourth-order valence-corrected chi connectivity index (χ4v) is 5.62. The second kappa shape index (κ2) is 11.2. The highest BCUT2D eigenvalue weighted by Gasteiger charge is 2.41. The molecule has 3 aromatic carbocycles. The van der Waals surface area contributed by atoms with E-state index in [0.717, 1.165) is 42.0 Å². The monoisotopic (exact) mass is 512 g/mol. The molecule has 1 heterocycles. The molecule has 6 heteroatoms. The Labute approximate surface area is 223 Å². The molecule has 0 saturated carbocycles. The minimum Gasteiger partial charge on any atom is -0.497 e. The van der Waals surface area contributed by atoms with Gasteiger partial charge in [0.2, 0.25) is 5.91 Å². The average Bonchev–Trinajstić information content (AvgIpc) is 3.08. The molecule has 0 bridgehead atoms. The molecular weight excluding hydrogens is 479 g/mol. The molecule has 1 aliphatic heterocycles. The van der Waals surface area contributed by atoms with Crippen LogP contribution >= 0.6 is 0 Å². The quantitative estimate of drug-likeness (QED) is 0.337. The zero-order chi connectivity index (χ0) is 26.6. The number of rotatable bonds is 7. The molecule has 5 rings (SSSR count). The summed E-state index contributed by atoms with van der Waals surface area (Å²) in [6.45, 7) is 2.10. The molecule has 0 radical (unpaired) electrons. The number of allylic oxidation sites excluding steroid dienone is 1. The van der Waals surface area contributed by atoms with E-state index in [4.69, 9.17) is 4.74 Å². The lowest BCUT2D eigenvalue weighted by Gasteiger charge is -2.35. The van der Waals surface area contributed by atoms with Gasteiger partial charge in [0.05, 0.1) is 24.5 Å². The van der Waals surface area contributed by atoms with Crippen molar-refractivity contribution >= 4 is 23.1 Å². The Bertz CT molecular complexity index is 1370. The standard InChI is InChI=1S/C32H33FN2O3/c1-3-4-5-13-30(37)35-28-12-7-6-11-26(28)34-27-19-23(21-14-16-25(38-2)17-15-21)20-29(36)31(27)32(35)22-9-8-10-24(33)18-22/h6-12,14-18,23,32,34H,3-5,13,19-20H2,1-2H3/t23-,32+/m0/s1. The van der Waals surface area contributed by atoms with E-state index in [1.807, 2.05) is 54.6 Å². The number of amides is 1. The van der Waals surface area contributed by atoms with Crippen molar-refractivity contribution in [1.82, 2.24) is 0 Å². The number of para-hydroxylation sites is 2. The summed E-state index contributed by atoms with van der Waals surface area (Å²) in [6.07, 6.45) is 3.98. The van der Waals surface area contributed by atoms with Gasteiger partial charge >= 0.3 is 0 Å². The summed E-state index contributed by atoms with van der Waals surface area (Å²) in [7, 11) is 1.63. The number of nitrogens with zero attached hydrogens (tertiary/aromatic N) is 1. The summed E-state index contributed by atoms with van der Waals surface area (Å²) in [5, 5.41) is 3.53. The van der Waals surface area contributed by atoms with Crippen LogP contribution in [0.1, 0.15) is 68.5 Å². The van der Waals surface area contributed by atoms with Gasteiger partial charge in [-0.15, -0.1) is 0 Å². The predicted molar refractivity (Wildman–Crippen MR) is 148 cm³/mol. The maximum Gasteiger partial charge on any atom is 0.227 e. The van der Waals surface area contributed by atoms with Crippen molar-refractivity contribution in [2.75, 3.05) is 17.3 Å². The Balaban J connectivity index is 1.64. The number of fused-ring (bicyclic) bond motifs is 1. The number of unbranched alkanes of at least 4 members (excludes halogenated alkanes) is 2. The van der Waals surface area contributed by atoms with Gasteiger partial charge in [0.1, 0.15) is 11.6 Å². The summed E-state index contributed by atoms with van der Waals surface area (Å²) >= 11 is 0. The van der Waals surface area contributed by atoms with Crippen molar-refractivity contribution in [1.29, 1.82) is 0 Å². The molecule has 1 aliphatic carbocycles. The molecule has 0 saturated heterocycles. The van der Waals surface area contributed by atoms with E-state index in [9.17, 15) is 14.0 Å². The molecule has 196 valence electrons.